The molecule has 0 atom stereocenters. The summed E-state index contributed by atoms with van der Waals surface area (Å²) < 4.78 is 0. The summed E-state index contributed by atoms with van der Waals surface area (Å²) in [6.45, 7) is 18.2. The number of allylic oxidation sites excluding steroid dienone is 2. The predicted octanol–water partition coefficient (Wildman–Crippen LogP) is 6.28. The number of hydrogen-bond donors (Lipinski definition) is 0. The van der Waals surface area contributed by atoms with Gasteiger partial charge in [0.1, 0.15) is 0 Å². The molecule has 2 aliphatic rings. The van der Waals surface area contributed by atoms with E-state index >= 15 is 0 Å². The molecule has 0 amide bonds. The van der Waals surface area contributed by atoms with Crippen molar-refractivity contribution in [1.82, 2.24) is 0 Å². The van der Waals surface area contributed by atoms with Crippen LogP contribution in [0.5, 0.6) is 0 Å². The van der Waals surface area contributed by atoms with Crippen LogP contribution in [0, 0.1) is 75.6 Å². The van der Waals surface area contributed by atoms with Crippen LogP contribution in [0.4, 0.5) is 0 Å². The summed E-state index contributed by atoms with van der Waals surface area (Å²) >= 11 is 0. The summed E-state index contributed by atoms with van der Waals surface area (Å²) in [4.78, 5) is 0. The topological polar surface area (TPSA) is 0 Å². The van der Waals surface area contributed by atoms with Crippen molar-refractivity contribution in [2.75, 3.05) is 0 Å². The van der Waals surface area contributed by atoms with Crippen molar-refractivity contribution in [3.63, 3.8) is 0 Å². The fourth-order valence-electron chi connectivity index (χ4n) is 1.95. The maximum atomic E-state index is 3.62. The Labute approximate surface area is 181 Å². The molecule has 10 radical (unpaired) electrons. The maximum Gasteiger partial charge on any atom is 4.00 e. The van der Waals surface area contributed by atoms with Crippen LogP contribution in [0.3, 0.4) is 0 Å². The monoisotopic (exact) mass is 444 g/mol. The van der Waals surface area contributed by atoms with Crippen LogP contribution in [0.1, 0.15) is 13.8 Å². The van der Waals surface area contributed by atoms with E-state index in [-0.39, 0.29) is 26.2 Å². The van der Waals surface area contributed by atoms with Crippen LogP contribution in [0.2, 0.25) is 39.3 Å². The molecular formula is C22H34Si2Zr+2. The molecule has 0 saturated heterocycles. The van der Waals surface area contributed by atoms with E-state index in [2.05, 4.69) is 64.5 Å². The van der Waals surface area contributed by atoms with Gasteiger partial charge in [0.25, 0.3) is 0 Å². The first-order chi connectivity index (χ1) is 11.0. The molecule has 2 aliphatic carbocycles. The molecule has 0 N–H and O–H groups in total. The molecule has 0 aromatic heterocycles. The fraction of sp³-hybridized carbons (Fsp3) is 0.364. The molecule has 3 heteroatoms. The van der Waals surface area contributed by atoms with Gasteiger partial charge in [-0.25, -0.2) is 0 Å². The molecule has 2 fully saturated rings. The molecule has 0 nitrogen and oxygen atoms in total. The van der Waals surface area contributed by atoms with Crippen molar-refractivity contribution in [3.8, 4) is 0 Å². The Bertz CT molecular complexity index is 323. The summed E-state index contributed by atoms with van der Waals surface area (Å²) in [5.41, 5.74) is 9.86. The second-order valence-corrected chi connectivity index (χ2v) is 17.4. The zero-order valence-electron chi connectivity index (χ0n) is 17.3. The molecule has 0 aromatic carbocycles. The first-order valence-electron chi connectivity index (χ1n) is 8.58. The second-order valence-electron chi connectivity index (χ2n) is 7.92. The van der Waals surface area contributed by atoms with Gasteiger partial charge in [-0.15, -0.1) is 13.8 Å². The van der Waals surface area contributed by atoms with Gasteiger partial charge in [0.2, 0.25) is 0 Å². The molecule has 0 unspecified atom stereocenters. The number of hydrogen-bond acceptors (Lipinski definition) is 0. The van der Waals surface area contributed by atoms with Crippen molar-refractivity contribution in [1.29, 1.82) is 0 Å². The third-order valence-electron chi connectivity index (χ3n) is 2.80. The molecule has 132 valence electrons. The van der Waals surface area contributed by atoms with Crippen LogP contribution >= 0.6 is 0 Å². The van der Waals surface area contributed by atoms with E-state index < -0.39 is 16.1 Å². The Hall–Kier alpha value is 0.797. The molecule has 0 aromatic rings. The van der Waals surface area contributed by atoms with Gasteiger partial charge in [0.15, 0.2) is 0 Å². The van der Waals surface area contributed by atoms with Crippen molar-refractivity contribution in [2.24, 2.45) is 0 Å². The second kappa shape index (κ2) is 14.8. The molecule has 2 saturated carbocycles. The number of rotatable bonds is 3. The average molecular weight is 446 g/mol. The van der Waals surface area contributed by atoms with E-state index in [9.17, 15) is 0 Å². The Morgan fingerprint density at radius 2 is 0.640 bits per heavy atom. The van der Waals surface area contributed by atoms with E-state index in [1.165, 1.54) is 11.1 Å². The van der Waals surface area contributed by atoms with E-state index in [1.807, 2.05) is 64.2 Å². The van der Waals surface area contributed by atoms with Gasteiger partial charge in [-0.1, -0.05) is 39.3 Å². The van der Waals surface area contributed by atoms with Gasteiger partial charge in [-0.05, 0) is 80.4 Å². The van der Waals surface area contributed by atoms with Crippen molar-refractivity contribution in [3.05, 3.63) is 86.8 Å². The Morgan fingerprint density at radius 3 is 0.760 bits per heavy atom. The van der Waals surface area contributed by atoms with Crippen LogP contribution in [-0.4, -0.2) is 16.1 Å². The SMILES string of the molecule is CC(=[C-][Si](C)(C)C)C(C)=[C-][Si](C)(C)C.[CH]1[CH][CH][CH][CH]1.[CH]1[CH][CH][CH][CH]1.[Zr+4]. The summed E-state index contributed by atoms with van der Waals surface area (Å²) in [5.74, 6) is 0. The van der Waals surface area contributed by atoms with Crippen LogP contribution in [-0.2, 0) is 26.2 Å². The first-order valence-corrected chi connectivity index (χ1v) is 15.6. The normalized spacial score (nSPS) is 18.6. The largest absolute Gasteiger partial charge is 4.00 e. The van der Waals surface area contributed by atoms with Gasteiger partial charge in [-0.3, -0.25) is 0 Å². The molecule has 0 spiro atoms. The van der Waals surface area contributed by atoms with Gasteiger partial charge < -0.3 is 22.5 Å². The van der Waals surface area contributed by atoms with Crippen LogP contribution in [0.15, 0.2) is 11.1 Å². The third-order valence-corrected chi connectivity index (χ3v) is 5.05. The zero-order valence-corrected chi connectivity index (χ0v) is 21.7. The van der Waals surface area contributed by atoms with Crippen molar-refractivity contribution < 1.29 is 26.2 Å². The Balaban J connectivity index is 0. The van der Waals surface area contributed by atoms with E-state index in [4.69, 9.17) is 0 Å². The molecule has 25 heavy (non-hydrogen) atoms. The third kappa shape index (κ3) is 21.0. The average Bonchev–Trinajstić information content (AvgIpc) is 3.14. The summed E-state index contributed by atoms with van der Waals surface area (Å²) in [7, 11) is -2.38. The minimum atomic E-state index is -1.19. The smallest absolute Gasteiger partial charge is 0.378 e. The van der Waals surface area contributed by atoms with E-state index in [0.29, 0.717) is 0 Å². The first kappa shape index (κ1) is 28.0. The molecule has 2 rings (SSSR count). The van der Waals surface area contributed by atoms with Gasteiger partial charge in [0.05, 0.1) is 0 Å². The molecule has 0 bridgehead atoms. The zero-order chi connectivity index (χ0) is 18.6. The van der Waals surface area contributed by atoms with Gasteiger partial charge in [0, 0.05) is 0 Å². The van der Waals surface area contributed by atoms with Crippen LogP contribution in [0.25, 0.3) is 0 Å². The summed E-state index contributed by atoms with van der Waals surface area (Å²) in [6, 6.07) is 0. The van der Waals surface area contributed by atoms with Gasteiger partial charge in [-0.2, -0.15) is 0 Å². The molecular weight excluding hydrogens is 412 g/mol. The Morgan fingerprint density at radius 1 is 0.480 bits per heavy atom. The van der Waals surface area contributed by atoms with Gasteiger partial charge >= 0.3 is 26.2 Å². The van der Waals surface area contributed by atoms with Crippen molar-refractivity contribution >= 4 is 16.1 Å². The van der Waals surface area contributed by atoms with E-state index in [1.54, 1.807) is 0 Å². The quantitative estimate of drug-likeness (QED) is 0.272. The van der Waals surface area contributed by atoms with Crippen molar-refractivity contribution in [2.45, 2.75) is 53.1 Å². The molecule has 0 heterocycles. The minimum Gasteiger partial charge on any atom is -0.378 e. The predicted molar refractivity (Wildman–Crippen MR) is 115 cm³/mol. The standard InChI is InChI=1S/C12H24Si2.2C5H5.Zr/c1-11(9-13(3,4)5)12(2)10-14(6,7)8;2*1-2-4-5-3-1;/h1-8H3;2*1-5H;/q-2;;;+4. The molecule has 0 aliphatic heterocycles. The summed E-state index contributed by atoms with van der Waals surface area (Å²) in [5, 5.41) is 0. The van der Waals surface area contributed by atoms with E-state index in [0.717, 1.165) is 0 Å². The Kier molecular flexibility index (Phi) is 16.6. The fourth-order valence-corrected chi connectivity index (χ4v) is 4.58. The maximum absolute atomic E-state index is 3.62. The minimum absolute atomic E-state index is 0. The summed E-state index contributed by atoms with van der Waals surface area (Å²) in [6.07, 6.45) is 20.0. The van der Waals surface area contributed by atoms with Crippen LogP contribution < -0.4 is 0 Å².